The standard InChI is InChI=1S/C19H24O2/c1-14(2)10-15-6-4-8-17(11-15)19(20)13-16-7-5-9-18(12-16)21-3/h4-9,11-12,14,19-20H,10,13H2,1-3H3. The van der Waals surface area contributed by atoms with E-state index in [-0.39, 0.29) is 0 Å². The molecule has 0 radical (unpaired) electrons. The van der Waals surface area contributed by atoms with Crippen LogP contribution in [0.15, 0.2) is 48.5 Å². The number of methoxy groups -OCH3 is 1. The molecular weight excluding hydrogens is 260 g/mol. The quantitative estimate of drug-likeness (QED) is 0.862. The van der Waals surface area contributed by atoms with Crippen LogP contribution in [0.25, 0.3) is 0 Å². The van der Waals surface area contributed by atoms with E-state index in [2.05, 4.69) is 26.0 Å². The second-order valence-corrected chi connectivity index (χ2v) is 5.91. The third kappa shape index (κ3) is 4.61. The fraction of sp³-hybridized carbons (Fsp3) is 0.368. The Balaban J connectivity index is 2.10. The van der Waals surface area contributed by atoms with E-state index in [0.29, 0.717) is 12.3 Å². The fourth-order valence-electron chi connectivity index (χ4n) is 2.54. The van der Waals surface area contributed by atoms with Crippen molar-refractivity contribution in [3.8, 4) is 5.75 Å². The molecule has 2 aromatic rings. The molecule has 2 aromatic carbocycles. The molecule has 1 unspecified atom stereocenters. The molecule has 0 fully saturated rings. The summed E-state index contributed by atoms with van der Waals surface area (Å²) in [6, 6.07) is 16.1. The molecule has 2 nitrogen and oxygen atoms in total. The van der Waals surface area contributed by atoms with Crippen molar-refractivity contribution < 1.29 is 9.84 Å². The van der Waals surface area contributed by atoms with E-state index >= 15 is 0 Å². The highest BCUT2D eigenvalue weighted by Crippen LogP contribution is 2.22. The predicted octanol–water partition coefficient (Wildman–Crippen LogP) is 4.17. The maximum absolute atomic E-state index is 10.5. The maximum Gasteiger partial charge on any atom is 0.119 e. The van der Waals surface area contributed by atoms with Crippen LogP contribution in [0, 0.1) is 5.92 Å². The van der Waals surface area contributed by atoms with Crippen molar-refractivity contribution in [3.63, 3.8) is 0 Å². The summed E-state index contributed by atoms with van der Waals surface area (Å²) in [7, 11) is 1.66. The summed E-state index contributed by atoms with van der Waals surface area (Å²) < 4.78 is 5.22. The minimum Gasteiger partial charge on any atom is -0.497 e. The molecule has 2 rings (SSSR count). The zero-order valence-electron chi connectivity index (χ0n) is 13.0. The van der Waals surface area contributed by atoms with Crippen LogP contribution in [0.5, 0.6) is 5.75 Å². The molecule has 0 aliphatic rings. The number of aliphatic hydroxyl groups excluding tert-OH is 1. The van der Waals surface area contributed by atoms with E-state index in [1.165, 1.54) is 5.56 Å². The molecule has 0 saturated carbocycles. The zero-order chi connectivity index (χ0) is 15.2. The van der Waals surface area contributed by atoms with E-state index in [1.807, 2.05) is 36.4 Å². The molecule has 112 valence electrons. The normalized spacial score (nSPS) is 12.4. The first-order valence-corrected chi connectivity index (χ1v) is 7.48. The third-order valence-corrected chi connectivity index (χ3v) is 3.54. The van der Waals surface area contributed by atoms with Crippen LogP contribution in [-0.2, 0) is 12.8 Å². The molecule has 1 N–H and O–H groups in total. The van der Waals surface area contributed by atoms with Crippen LogP contribution >= 0.6 is 0 Å². The van der Waals surface area contributed by atoms with Crippen LogP contribution in [0.3, 0.4) is 0 Å². The molecule has 0 saturated heterocycles. The Labute approximate surface area is 127 Å². The second kappa shape index (κ2) is 7.28. The van der Waals surface area contributed by atoms with Crippen molar-refractivity contribution in [2.24, 2.45) is 5.92 Å². The van der Waals surface area contributed by atoms with Crippen LogP contribution < -0.4 is 4.74 Å². The van der Waals surface area contributed by atoms with Crippen LogP contribution in [-0.4, -0.2) is 12.2 Å². The van der Waals surface area contributed by atoms with Crippen LogP contribution in [0.2, 0.25) is 0 Å². The van der Waals surface area contributed by atoms with Gasteiger partial charge in [-0.1, -0.05) is 50.2 Å². The lowest BCUT2D eigenvalue weighted by Crippen LogP contribution is -2.03. The van der Waals surface area contributed by atoms with E-state index in [4.69, 9.17) is 4.74 Å². The van der Waals surface area contributed by atoms with Gasteiger partial charge in [-0.15, -0.1) is 0 Å². The molecule has 0 amide bonds. The van der Waals surface area contributed by atoms with Gasteiger partial charge in [0.1, 0.15) is 5.75 Å². The molecular formula is C19H24O2. The second-order valence-electron chi connectivity index (χ2n) is 5.91. The summed E-state index contributed by atoms with van der Waals surface area (Å²) in [5, 5.41) is 10.5. The molecule has 0 aromatic heterocycles. The highest BCUT2D eigenvalue weighted by Gasteiger charge is 2.10. The largest absolute Gasteiger partial charge is 0.497 e. The summed E-state index contributed by atoms with van der Waals surface area (Å²) in [6.07, 6.45) is 1.16. The minimum absolute atomic E-state index is 0.482. The average molecular weight is 284 g/mol. The van der Waals surface area contributed by atoms with E-state index in [0.717, 1.165) is 23.3 Å². The highest BCUT2D eigenvalue weighted by atomic mass is 16.5. The molecule has 0 bridgehead atoms. The Morgan fingerprint density at radius 3 is 2.29 bits per heavy atom. The fourth-order valence-corrected chi connectivity index (χ4v) is 2.54. The minimum atomic E-state index is -0.482. The number of hydrogen-bond acceptors (Lipinski definition) is 2. The number of hydrogen-bond donors (Lipinski definition) is 1. The molecule has 0 spiro atoms. The molecule has 2 heteroatoms. The summed E-state index contributed by atoms with van der Waals surface area (Å²) in [5.74, 6) is 1.45. The van der Waals surface area contributed by atoms with Crippen molar-refractivity contribution in [2.75, 3.05) is 7.11 Å². The smallest absolute Gasteiger partial charge is 0.119 e. The Hall–Kier alpha value is -1.80. The van der Waals surface area contributed by atoms with Crippen molar-refractivity contribution in [2.45, 2.75) is 32.8 Å². The van der Waals surface area contributed by atoms with Gasteiger partial charge in [-0.05, 0) is 41.2 Å². The predicted molar refractivity (Wildman–Crippen MR) is 86.6 cm³/mol. The molecule has 1 atom stereocenters. The summed E-state index contributed by atoms with van der Waals surface area (Å²) in [4.78, 5) is 0. The van der Waals surface area contributed by atoms with Gasteiger partial charge in [0.25, 0.3) is 0 Å². The number of aliphatic hydroxyl groups is 1. The summed E-state index contributed by atoms with van der Waals surface area (Å²) in [5.41, 5.74) is 3.35. The van der Waals surface area contributed by atoms with Gasteiger partial charge in [0, 0.05) is 6.42 Å². The summed E-state index contributed by atoms with van der Waals surface area (Å²) >= 11 is 0. The molecule has 0 heterocycles. The van der Waals surface area contributed by atoms with E-state index in [9.17, 15) is 5.11 Å². The molecule has 21 heavy (non-hydrogen) atoms. The maximum atomic E-state index is 10.5. The Kier molecular flexibility index (Phi) is 5.40. The van der Waals surface area contributed by atoms with Crippen molar-refractivity contribution in [3.05, 3.63) is 65.2 Å². The zero-order valence-corrected chi connectivity index (χ0v) is 13.0. The van der Waals surface area contributed by atoms with Crippen molar-refractivity contribution in [1.82, 2.24) is 0 Å². The van der Waals surface area contributed by atoms with Gasteiger partial charge in [0.15, 0.2) is 0 Å². The van der Waals surface area contributed by atoms with Gasteiger partial charge in [0.05, 0.1) is 13.2 Å². The Morgan fingerprint density at radius 2 is 1.62 bits per heavy atom. The SMILES string of the molecule is COc1cccc(CC(O)c2cccc(CC(C)C)c2)c1. The third-order valence-electron chi connectivity index (χ3n) is 3.54. The molecule has 0 aliphatic heterocycles. The van der Waals surface area contributed by atoms with Crippen LogP contribution in [0.1, 0.15) is 36.6 Å². The van der Waals surface area contributed by atoms with Gasteiger partial charge in [-0.25, -0.2) is 0 Å². The Bertz CT molecular complexity index is 575. The Morgan fingerprint density at radius 1 is 0.952 bits per heavy atom. The van der Waals surface area contributed by atoms with Gasteiger partial charge in [-0.3, -0.25) is 0 Å². The van der Waals surface area contributed by atoms with Crippen LogP contribution in [0.4, 0.5) is 0 Å². The van der Waals surface area contributed by atoms with Gasteiger partial charge in [0.2, 0.25) is 0 Å². The van der Waals surface area contributed by atoms with Gasteiger partial charge >= 0.3 is 0 Å². The topological polar surface area (TPSA) is 29.5 Å². The van der Waals surface area contributed by atoms with E-state index < -0.39 is 6.10 Å². The first kappa shape index (κ1) is 15.6. The first-order valence-electron chi connectivity index (χ1n) is 7.48. The van der Waals surface area contributed by atoms with Crippen molar-refractivity contribution in [1.29, 1.82) is 0 Å². The lowest BCUT2D eigenvalue weighted by Gasteiger charge is -2.14. The summed E-state index contributed by atoms with van der Waals surface area (Å²) in [6.45, 7) is 4.42. The highest BCUT2D eigenvalue weighted by molar-refractivity contribution is 5.31. The van der Waals surface area contributed by atoms with Gasteiger partial charge in [-0.2, -0.15) is 0 Å². The number of rotatable bonds is 6. The molecule has 0 aliphatic carbocycles. The van der Waals surface area contributed by atoms with Crippen molar-refractivity contribution >= 4 is 0 Å². The van der Waals surface area contributed by atoms with E-state index in [1.54, 1.807) is 7.11 Å². The number of benzene rings is 2. The lowest BCUT2D eigenvalue weighted by atomic mass is 9.96. The van der Waals surface area contributed by atoms with Gasteiger partial charge < -0.3 is 9.84 Å². The average Bonchev–Trinajstić information content (AvgIpc) is 2.47. The monoisotopic (exact) mass is 284 g/mol. The number of ether oxygens (including phenoxy) is 1. The lowest BCUT2D eigenvalue weighted by molar-refractivity contribution is 0.178. The first-order chi connectivity index (χ1) is 10.1.